The van der Waals surface area contributed by atoms with Crippen molar-refractivity contribution in [3.8, 4) is 0 Å². The Kier molecular flexibility index (Phi) is 9.74. The molecule has 0 aliphatic heterocycles. The van der Waals surface area contributed by atoms with E-state index in [9.17, 15) is 9.59 Å². The van der Waals surface area contributed by atoms with Crippen LogP contribution in [0.5, 0.6) is 0 Å². The summed E-state index contributed by atoms with van der Waals surface area (Å²) in [4.78, 5) is 20.1. The predicted molar refractivity (Wildman–Crippen MR) is 34.7 cm³/mol. The number of carboxylic acids is 1. The fraction of sp³-hybridized carbons (Fsp3) is 0.600. The van der Waals surface area contributed by atoms with Gasteiger partial charge in [-0.3, -0.25) is 9.59 Å². The van der Waals surface area contributed by atoms with Crippen LogP contribution in [0.4, 0.5) is 0 Å². The molecule has 1 atom stereocenters. The van der Waals surface area contributed by atoms with Gasteiger partial charge in [0.2, 0.25) is 5.91 Å². The van der Waals surface area contributed by atoms with Gasteiger partial charge < -0.3 is 16.6 Å². The zero-order chi connectivity index (χ0) is 10.1. The molecule has 6 nitrogen and oxygen atoms in total. The van der Waals surface area contributed by atoms with E-state index >= 15 is 0 Å². The third kappa shape index (κ3) is 9.32. The van der Waals surface area contributed by atoms with Gasteiger partial charge in [0, 0.05) is 6.42 Å². The first kappa shape index (κ1) is 13.9. The van der Waals surface area contributed by atoms with Gasteiger partial charge >= 0.3 is 27.8 Å². The van der Waals surface area contributed by atoms with E-state index in [1.807, 2.05) is 0 Å². The van der Waals surface area contributed by atoms with Crippen molar-refractivity contribution in [2.45, 2.75) is 18.9 Å². The third-order valence-electron chi connectivity index (χ3n) is 1.02. The molecule has 0 aliphatic rings. The normalized spacial score (nSPS) is 10.9. The van der Waals surface area contributed by atoms with E-state index in [1.165, 1.54) is 0 Å². The number of hydrogen-bond acceptors (Lipinski definition) is 4. The Morgan fingerprint density at radius 2 is 1.83 bits per heavy atom. The number of primary amides is 1. The Labute approximate surface area is 79.2 Å². The van der Waals surface area contributed by atoms with Crippen molar-refractivity contribution >= 4 is 11.9 Å². The summed E-state index contributed by atoms with van der Waals surface area (Å²) < 4.78 is 8.38. The summed E-state index contributed by atoms with van der Waals surface area (Å²) in [6.07, 6.45) is 0.123. The Bertz CT molecular complexity index is 164. The summed E-state index contributed by atoms with van der Waals surface area (Å²) in [5.41, 5.74) is 9.81. The van der Waals surface area contributed by atoms with Crippen molar-refractivity contribution in [3.05, 3.63) is 0 Å². The molecule has 0 unspecified atom stereocenters. The summed E-state index contributed by atoms with van der Waals surface area (Å²) >= 11 is 0.125. The van der Waals surface area contributed by atoms with Gasteiger partial charge in [-0.15, -0.1) is 0 Å². The first-order chi connectivity index (χ1) is 5.54. The minimum atomic E-state index is -1.11. The third-order valence-corrected chi connectivity index (χ3v) is 1.02. The monoisotopic (exact) mass is 226 g/mol. The van der Waals surface area contributed by atoms with Gasteiger partial charge in [0.05, 0.1) is 0 Å². The zero-order valence-corrected chi connectivity index (χ0v) is 9.49. The van der Waals surface area contributed by atoms with Crippen molar-refractivity contribution in [1.29, 1.82) is 0 Å². The minimum absolute atomic E-state index is 0.0213. The van der Waals surface area contributed by atoms with Crippen LogP contribution in [0.25, 0.3) is 0 Å². The number of rotatable bonds is 4. The molecule has 0 aromatic carbocycles. The van der Waals surface area contributed by atoms with Gasteiger partial charge in [0.25, 0.3) is 0 Å². The van der Waals surface area contributed by atoms with E-state index in [0.717, 1.165) is 0 Å². The molecule has 0 spiro atoms. The van der Waals surface area contributed by atoms with Crippen LogP contribution in [0.2, 0.25) is 0 Å². The molecule has 0 radical (unpaired) electrons. The second kappa shape index (κ2) is 8.42. The van der Waals surface area contributed by atoms with E-state index < -0.39 is 17.9 Å². The Balaban J connectivity index is 0. The molecule has 7 heteroatoms. The molecule has 66 valence electrons. The second-order valence-electron chi connectivity index (χ2n) is 1.95. The van der Waals surface area contributed by atoms with Gasteiger partial charge in [-0.1, -0.05) is 0 Å². The van der Waals surface area contributed by atoms with E-state index in [4.69, 9.17) is 20.1 Å². The van der Waals surface area contributed by atoms with Crippen LogP contribution in [-0.2, 0) is 31.4 Å². The maximum atomic E-state index is 10.1. The van der Waals surface area contributed by atoms with Crippen molar-refractivity contribution in [3.63, 3.8) is 0 Å². The molecule has 1 amide bonds. The van der Waals surface area contributed by atoms with Crippen molar-refractivity contribution in [1.82, 2.24) is 0 Å². The fourth-order valence-corrected chi connectivity index (χ4v) is 0.421. The van der Waals surface area contributed by atoms with Crippen LogP contribution in [0.1, 0.15) is 12.8 Å². The van der Waals surface area contributed by atoms with E-state index in [2.05, 4.69) is 0 Å². The van der Waals surface area contributed by atoms with Crippen molar-refractivity contribution in [2.75, 3.05) is 0 Å². The molecular formula is C5H10N2O4Zn. The van der Waals surface area contributed by atoms with Gasteiger partial charge in [0.1, 0.15) is 6.04 Å². The number of nitrogens with two attached hydrogens (primary N) is 2. The summed E-state index contributed by atoms with van der Waals surface area (Å²) in [5.74, 6) is -1.64. The number of carboxylic acid groups (broad SMARTS) is 1. The Morgan fingerprint density at radius 3 is 2.08 bits per heavy atom. The SMILES string of the molecule is NC(=O)CC[C@H](N)C(=O)O.[O]=[Zn]. The Morgan fingerprint density at radius 1 is 1.42 bits per heavy atom. The van der Waals surface area contributed by atoms with Crippen molar-refractivity contribution in [2.24, 2.45) is 11.5 Å². The molecule has 0 bridgehead atoms. The first-order valence-corrected chi connectivity index (χ1v) is 4.30. The van der Waals surface area contributed by atoms with Gasteiger partial charge in [0.15, 0.2) is 0 Å². The van der Waals surface area contributed by atoms with Gasteiger partial charge in [-0.25, -0.2) is 0 Å². The molecular weight excluding hydrogens is 217 g/mol. The zero-order valence-electron chi connectivity index (χ0n) is 6.53. The number of carbonyl (C=O) groups excluding carboxylic acids is 1. The van der Waals surface area contributed by atoms with Crippen LogP contribution < -0.4 is 11.5 Å². The summed E-state index contributed by atoms with van der Waals surface area (Å²) in [6.45, 7) is 0. The first-order valence-electron chi connectivity index (χ1n) is 3.09. The van der Waals surface area contributed by atoms with Crippen LogP contribution in [0.3, 0.4) is 0 Å². The number of hydrogen-bond donors (Lipinski definition) is 3. The van der Waals surface area contributed by atoms with Gasteiger partial charge in [-0.05, 0) is 6.42 Å². The molecule has 0 aromatic rings. The van der Waals surface area contributed by atoms with Gasteiger partial charge in [-0.2, -0.15) is 0 Å². The molecule has 12 heavy (non-hydrogen) atoms. The number of amides is 1. The fourth-order valence-electron chi connectivity index (χ4n) is 0.421. The quantitative estimate of drug-likeness (QED) is 0.507. The van der Waals surface area contributed by atoms with Crippen LogP contribution in [0, 0.1) is 0 Å². The summed E-state index contributed by atoms with van der Waals surface area (Å²) in [7, 11) is 0. The summed E-state index contributed by atoms with van der Waals surface area (Å²) in [5, 5.41) is 8.22. The topological polar surface area (TPSA) is 123 Å². The van der Waals surface area contributed by atoms with Crippen LogP contribution >= 0.6 is 0 Å². The summed E-state index contributed by atoms with van der Waals surface area (Å²) in [6, 6.07) is -0.979. The average Bonchev–Trinajstić information content (AvgIpc) is 2.03. The maximum absolute atomic E-state index is 10.1. The van der Waals surface area contributed by atoms with Crippen molar-refractivity contribution < 1.29 is 36.5 Å². The molecule has 0 rings (SSSR count). The molecule has 0 saturated heterocycles. The molecule has 0 saturated carbocycles. The molecule has 5 N–H and O–H groups in total. The molecule has 0 fully saturated rings. The standard InChI is InChI=1S/C5H10N2O3.O.Zn/c6-3(5(9)10)1-2-4(7)8;;/h3H,1-2,6H2,(H2,7,8)(H,9,10);;/t3-;;/m0../s1. The number of aliphatic carboxylic acids is 1. The average molecular weight is 228 g/mol. The molecule has 0 aromatic heterocycles. The molecule has 0 heterocycles. The molecule has 0 aliphatic carbocycles. The van der Waals surface area contributed by atoms with E-state index in [-0.39, 0.29) is 31.1 Å². The predicted octanol–water partition coefficient (Wildman–Crippen LogP) is -1.46. The number of carbonyl (C=O) groups is 2. The Hall–Kier alpha value is -0.677. The van der Waals surface area contributed by atoms with E-state index in [0.29, 0.717) is 0 Å². The second-order valence-corrected chi connectivity index (χ2v) is 1.95. The van der Waals surface area contributed by atoms with Crippen LogP contribution in [-0.4, -0.2) is 23.0 Å². The van der Waals surface area contributed by atoms with E-state index in [1.54, 1.807) is 0 Å². The van der Waals surface area contributed by atoms with Crippen LogP contribution in [0.15, 0.2) is 0 Å².